The van der Waals surface area contributed by atoms with Gasteiger partial charge in [-0.2, -0.15) is 38.7 Å². The van der Waals surface area contributed by atoms with Crippen LogP contribution in [0.25, 0.3) is 10.8 Å². The van der Waals surface area contributed by atoms with Gasteiger partial charge >= 0.3 is 26.6 Å². The molecule has 0 bridgehead atoms. The molecule has 0 saturated heterocycles. The molecule has 0 spiro atoms. The predicted octanol–water partition coefficient (Wildman–Crippen LogP) is 0.367. The molecular weight excluding hydrogens is 610 g/mol. The number of fused-ring (bicyclic) bond motifs is 1. The highest BCUT2D eigenvalue weighted by molar-refractivity contribution is 7.98. The molecule has 0 heterocycles. The Labute approximate surface area is 220 Å². The molecule has 0 aromatic heterocycles. The van der Waals surface area contributed by atoms with Gasteiger partial charge in [-0.25, -0.2) is 4.79 Å². The Balaban J connectivity index is 2.37. The van der Waals surface area contributed by atoms with Gasteiger partial charge in [0.2, 0.25) is 0 Å². The van der Waals surface area contributed by atoms with Crippen LogP contribution in [0.4, 0.5) is 27.5 Å². The number of carbonyl (C=O) groups is 1. The van der Waals surface area contributed by atoms with Crippen LogP contribution in [0.5, 0.6) is 0 Å². The van der Waals surface area contributed by atoms with Gasteiger partial charge < -0.3 is 16.8 Å². The van der Waals surface area contributed by atoms with Gasteiger partial charge in [-0.1, -0.05) is 18.2 Å². The van der Waals surface area contributed by atoms with Crippen molar-refractivity contribution in [2.75, 3.05) is 16.1 Å². The zero-order chi connectivity index (χ0) is 29.7. The Morgan fingerprint density at radius 1 is 0.769 bits per heavy atom. The molecule has 0 aliphatic heterocycles. The Morgan fingerprint density at radius 3 is 1.85 bits per heavy atom. The van der Waals surface area contributed by atoms with Crippen LogP contribution in [-0.4, -0.2) is 61.7 Å². The molecule has 0 aliphatic carbocycles. The van der Waals surface area contributed by atoms with Crippen molar-refractivity contribution in [1.82, 2.24) is 3.82 Å². The standard InChI is InChI=1S/C17H17N5O13S4/c18-12-6-5-10-11(2-1-3-14(10)21(17(19)23)22(38(30,31)32)39(33,34)35)16(12)20-13-8-9(36(24,25)26)4-7-15(13)37(27,28)29/h1-8,20H,18H2,(H2,19,23)(H,24,25,26)(H,27,28,29)(H,30,31,32)(H,33,34,35). The number of hydrogen-bond acceptors (Lipinski definition) is 11. The SMILES string of the molecule is NC(=O)N(c1cccc2c(Nc3cc(S(=O)(=O)O)ccc3S(=O)(=O)O)c(N)ccc12)N(S(=O)(=O)O)S(=O)(=O)O. The minimum Gasteiger partial charge on any atom is -0.397 e. The van der Waals surface area contributed by atoms with Crippen molar-refractivity contribution >= 4 is 80.4 Å². The first-order chi connectivity index (χ1) is 17.6. The fourth-order valence-electron chi connectivity index (χ4n) is 3.42. The highest BCUT2D eigenvalue weighted by Gasteiger charge is 2.41. The molecule has 0 aliphatic rings. The van der Waals surface area contributed by atoms with E-state index in [9.17, 15) is 56.7 Å². The van der Waals surface area contributed by atoms with Gasteiger partial charge in [0.25, 0.3) is 20.2 Å². The molecule has 9 N–H and O–H groups in total. The van der Waals surface area contributed by atoms with E-state index >= 15 is 0 Å². The van der Waals surface area contributed by atoms with Crippen molar-refractivity contribution in [2.24, 2.45) is 5.73 Å². The summed E-state index contributed by atoms with van der Waals surface area (Å²) in [6.45, 7) is 0. The first-order valence-electron chi connectivity index (χ1n) is 9.66. The number of carbonyl (C=O) groups excluding carboxylic acids is 1. The van der Waals surface area contributed by atoms with Crippen LogP contribution in [0, 0.1) is 0 Å². The molecule has 0 atom stereocenters. The first kappa shape index (κ1) is 29.9. The number of anilines is 4. The molecular formula is C17H17N5O13S4. The lowest BCUT2D eigenvalue weighted by Crippen LogP contribution is -2.54. The molecule has 0 fully saturated rings. The lowest BCUT2D eigenvalue weighted by Gasteiger charge is -2.28. The van der Waals surface area contributed by atoms with Crippen LogP contribution in [-0.2, 0) is 40.8 Å². The lowest BCUT2D eigenvalue weighted by molar-refractivity contribution is 0.246. The number of amides is 2. The van der Waals surface area contributed by atoms with Gasteiger partial charge in [0.1, 0.15) is 4.90 Å². The monoisotopic (exact) mass is 627 g/mol. The van der Waals surface area contributed by atoms with E-state index in [0.717, 1.165) is 24.3 Å². The van der Waals surface area contributed by atoms with Crippen molar-refractivity contribution in [1.29, 1.82) is 0 Å². The summed E-state index contributed by atoms with van der Waals surface area (Å²) in [6.07, 6.45) is 0. The number of primary amides is 1. The largest absolute Gasteiger partial charge is 0.397 e. The average Bonchev–Trinajstić information content (AvgIpc) is 2.75. The van der Waals surface area contributed by atoms with E-state index in [0.29, 0.717) is 18.2 Å². The second-order valence-corrected chi connectivity index (χ2v) is 12.9. The van der Waals surface area contributed by atoms with Crippen LogP contribution in [0.15, 0.2) is 58.3 Å². The highest BCUT2D eigenvalue weighted by Crippen LogP contribution is 2.39. The summed E-state index contributed by atoms with van der Waals surface area (Å²) in [7, 11) is -21.6. The van der Waals surface area contributed by atoms with Gasteiger partial charge in [-0.05, 0) is 30.3 Å². The number of hydrogen-bond donors (Lipinski definition) is 7. The van der Waals surface area contributed by atoms with Gasteiger partial charge in [0.15, 0.2) is 0 Å². The van der Waals surface area contributed by atoms with Crippen LogP contribution in [0.3, 0.4) is 0 Å². The normalized spacial score (nSPS) is 12.9. The number of rotatable bonds is 8. The van der Waals surface area contributed by atoms with Gasteiger partial charge in [-0.3, -0.25) is 18.2 Å². The predicted molar refractivity (Wildman–Crippen MR) is 135 cm³/mol. The van der Waals surface area contributed by atoms with Gasteiger partial charge in [0.05, 0.1) is 31.5 Å². The summed E-state index contributed by atoms with van der Waals surface area (Å²) in [5, 5.41) is 1.79. The Hall–Kier alpha value is -3.61. The molecule has 212 valence electrons. The van der Waals surface area contributed by atoms with Crippen LogP contribution < -0.4 is 21.8 Å². The summed E-state index contributed by atoms with van der Waals surface area (Å²) < 4.78 is 131. The molecule has 39 heavy (non-hydrogen) atoms. The third kappa shape index (κ3) is 6.18. The van der Waals surface area contributed by atoms with Crippen molar-refractivity contribution in [3.05, 3.63) is 48.5 Å². The Morgan fingerprint density at radius 2 is 1.36 bits per heavy atom. The minimum atomic E-state index is -5.89. The number of nitrogens with one attached hydrogen (secondary N) is 1. The molecule has 3 aromatic rings. The van der Waals surface area contributed by atoms with E-state index in [1.807, 2.05) is 0 Å². The van der Waals surface area contributed by atoms with E-state index < -0.39 is 71.9 Å². The topological polar surface area (TPSA) is 305 Å². The van der Waals surface area contributed by atoms with E-state index in [1.54, 1.807) is 0 Å². The van der Waals surface area contributed by atoms with Crippen molar-refractivity contribution in [3.63, 3.8) is 0 Å². The van der Waals surface area contributed by atoms with Crippen molar-refractivity contribution in [3.8, 4) is 0 Å². The minimum absolute atomic E-state index is 0.122. The quantitative estimate of drug-likeness (QED) is 0.101. The summed E-state index contributed by atoms with van der Waals surface area (Å²) in [6, 6.07) is 5.64. The Bertz CT molecular complexity index is 1910. The van der Waals surface area contributed by atoms with Gasteiger partial charge in [0, 0.05) is 10.8 Å². The van der Waals surface area contributed by atoms with E-state index in [1.165, 1.54) is 6.07 Å². The molecule has 3 aromatic carbocycles. The fourth-order valence-corrected chi connectivity index (χ4v) is 6.26. The van der Waals surface area contributed by atoms with Crippen molar-refractivity contribution < 1.29 is 56.7 Å². The Kier molecular flexibility index (Phi) is 7.56. The summed E-state index contributed by atoms with van der Waals surface area (Å²) >= 11 is 0. The number of urea groups is 1. The fraction of sp³-hybridized carbons (Fsp3) is 0. The average molecular weight is 628 g/mol. The second kappa shape index (κ2) is 9.85. The maximum atomic E-state index is 12.1. The maximum Gasteiger partial charge on any atom is 0.369 e. The third-order valence-electron chi connectivity index (χ3n) is 4.85. The van der Waals surface area contributed by atoms with E-state index in [4.69, 9.17) is 11.5 Å². The third-order valence-corrected chi connectivity index (χ3v) is 8.86. The number of hydrazine groups is 1. The molecule has 0 unspecified atom stereocenters. The maximum absolute atomic E-state index is 12.1. The summed E-state index contributed by atoms with van der Waals surface area (Å²) in [4.78, 5) is 10.5. The molecule has 0 saturated carbocycles. The van der Waals surface area contributed by atoms with Crippen LogP contribution >= 0.6 is 0 Å². The number of nitrogen functional groups attached to an aromatic ring is 1. The van der Waals surface area contributed by atoms with Crippen LogP contribution in [0.1, 0.15) is 0 Å². The number of nitrogens with two attached hydrogens (primary N) is 2. The lowest BCUT2D eigenvalue weighted by atomic mass is 10.0. The van der Waals surface area contributed by atoms with Gasteiger partial charge in [-0.15, -0.1) is 0 Å². The summed E-state index contributed by atoms with van der Waals surface area (Å²) in [5.41, 5.74) is 9.38. The zero-order valence-electron chi connectivity index (χ0n) is 18.8. The molecule has 0 radical (unpaired) electrons. The molecule has 2 amide bonds. The smallest absolute Gasteiger partial charge is 0.369 e. The molecule has 18 nitrogen and oxygen atoms in total. The summed E-state index contributed by atoms with van der Waals surface area (Å²) in [5.74, 6) is 0. The highest BCUT2D eigenvalue weighted by atomic mass is 32.3. The van der Waals surface area contributed by atoms with E-state index in [2.05, 4.69) is 5.32 Å². The zero-order valence-corrected chi connectivity index (χ0v) is 22.0. The van der Waals surface area contributed by atoms with Crippen molar-refractivity contribution in [2.45, 2.75) is 9.79 Å². The molecule has 3 rings (SSSR count). The first-order valence-corrected chi connectivity index (χ1v) is 15.3. The van der Waals surface area contributed by atoms with Crippen LogP contribution in [0.2, 0.25) is 0 Å². The van der Waals surface area contributed by atoms with E-state index in [-0.39, 0.29) is 27.2 Å². The number of nitrogens with zero attached hydrogens (tertiary/aromatic N) is 2. The second-order valence-electron chi connectivity index (χ2n) is 7.42. The number of benzene rings is 3. The molecule has 22 heteroatoms.